The molecule has 3 atom stereocenters. The van der Waals surface area contributed by atoms with E-state index in [1.807, 2.05) is 17.5 Å². The Labute approximate surface area is 177 Å². The highest BCUT2D eigenvalue weighted by Gasteiger charge is 2.47. The van der Waals surface area contributed by atoms with Gasteiger partial charge in [-0.05, 0) is 24.3 Å². The highest BCUT2D eigenvalue weighted by molar-refractivity contribution is 7.10. The van der Waals surface area contributed by atoms with E-state index in [4.69, 9.17) is 4.74 Å². The quantitative estimate of drug-likeness (QED) is 0.748. The number of carbonyl (C=O) groups excluding carboxylic acids is 1. The molecule has 1 saturated heterocycles. The largest absolute Gasteiger partial charge is 0.410 e. The smallest absolute Gasteiger partial charge is 0.384 e. The Balaban J connectivity index is 1.56. The van der Waals surface area contributed by atoms with E-state index in [1.165, 1.54) is 11.3 Å². The third-order valence-electron chi connectivity index (χ3n) is 5.81. The number of nitrogens with one attached hydrogen (secondary N) is 1. The van der Waals surface area contributed by atoms with Crippen molar-refractivity contribution >= 4 is 23.1 Å². The number of halogens is 3. The summed E-state index contributed by atoms with van der Waals surface area (Å²) in [6.45, 7) is 1.50. The van der Waals surface area contributed by atoms with Crippen LogP contribution in [-0.2, 0) is 9.53 Å². The maximum absolute atomic E-state index is 13.8. The molecule has 0 saturated carbocycles. The molecule has 30 heavy (non-hydrogen) atoms. The molecule has 2 aromatic heterocycles. The van der Waals surface area contributed by atoms with Crippen molar-refractivity contribution in [1.82, 2.24) is 14.7 Å². The zero-order valence-electron chi connectivity index (χ0n) is 16.7. The van der Waals surface area contributed by atoms with E-state index in [-0.39, 0.29) is 18.2 Å². The summed E-state index contributed by atoms with van der Waals surface area (Å²) < 4.78 is 47.5. The maximum atomic E-state index is 13.8. The molecule has 4 rings (SSSR count). The number of nitrogens with zero attached hydrogens (tertiary/aromatic N) is 3. The first kappa shape index (κ1) is 21.2. The van der Waals surface area contributed by atoms with Crippen LogP contribution in [0.1, 0.15) is 54.3 Å². The number of likely N-dealkylation sites (tertiary alicyclic amines) is 1. The first-order valence-electron chi connectivity index (χ1n) is 10.1. The molecule has 0 bridgehead atoms. The molecule has 1 fully saturated rings. The average Bonchev–Trinajstić information content (AvgIpc) is 3.40. The number of hydrogen-bond donors (Lipinski definition) is 1. The van der Waals surface area contributed by atoms with Gasteiger partial charge < -0.3 is 15.0 Å². The summed E-state index contributed by atoms with van der Waals surface area (Å²) in [5.74, 6) is 0.327. The first-order valence-corrected chi connectivity index (χ1v) is 11.0. The van der Waals surface area contributed by atoms with Crippen molar-refractivity contribution in [2.24, 2.45) is 0 Å². The predicted octanol–water partition coefficient (Wildman–Crippen LogP) is 4.35. The predicted molar refractivity (Wildman–Crippen MR) is 108 cm³/mol. The van der Waals surface area contributed by atoms with E-state index >= 15 is 0 Å². The number of rotatable bonds is 5. The van der Waals surface area contributed by atoms with Crippen molar-refractivity contribution in [3.8, 4) is 0 Å². The highest BCUT2D eigenvalue weighted by atomic mass is 32.1. The number of anilines is 1. The van der Waals surface area contributed by atoms with Crippen LogP contribution >= 0.6 is 11.3 Å². The van der Waals surface area contributed by atoms with Crippen LogP contribution in [0, 0.1) is 0 Å². The first-order chi connectivity index (χ1) is 14.4. The van der Waals surface area contributed by atoms with Gasteiger partial charge in [-0.1, -0.05) is 6.07 Å². The van der Waals surface area contributed by atoms with Gasteiger partial charge in [-0.15, -0.1) is 11.3 Å². The minimum atomic E-state index is -4.38. The second-order valence-electron chi connectivity index (χ2n) is 7.83. The Morgan fingerprint density at radius 3 is 2.97 bits per heavy atom. The van der Waals surface area contributed by atoms with Crippen molar-refractivity contribution in [1.29, 1.82) is 0 Å². The van der Waals surface area contributed by atoms with Gasteiger partial charge in [0.1, 0.15) is 5.82 Å². The zero-order chi connectivity index (χ0) is 21.3. The van der Waals surface area contributed by atoms with E-state index in [9.17, 15) is 18.0 Å². The third-order valence-corrected chi connectivity index (χ3v) is 6.79. The number of amides is 1. The fourth-order valence-electron chi connectivity index (χ4n) is 4.26. The number of methoxy groups -OCH3 is 1. The molecule has 0 radical (unpaired) electrons. The number of alkyl halides is 3. The van der Waals surface area contributed by atoms with Crippen molar-refractivity contribution in [3.05, 3.63) is 34.2 Å². The second kappa shape index (κ2) is 8.58. The minimum absolute atomic E-state index is 0.00887. The fourth-order valence-corrected chi connectivity index (χ4v) is 5.05. The molecule has 1 N–H and O–H groups in total. The minimum Gasteiger partial charge on any atom is -0.384 e. The van der Waals surface area contributed by atoms with E-state index in [1.54, 1.807) is 18.1 Å². The van der Waals surface area contributed by atoms with Crippen molar-refractivity contribution < 1.29 is 22.7 Å². The molecule has 1 unspecified atom stereocenters. The standard InChI is InChI=1S/C20H25F3N4O2S/c1-29-8-6-19(28)26-7-2-4-13(12-26)14-11-18-24-15(16-5-3-9-30-16)10-17(20(21,22)23)27(18)25-14/h3,5,9,11,13,15,17,24H,2,4,6-8,10,12H2,1H3/t13?,15-,17+/m0/s1. The normalized spacial score (nSPS) is 24.4. The summed E-state index contributed by atoms with van der Waals surface area (Å²) in [5, 5.41) is 9.47. The molecule has 2 aliphatic rings. The number of carbonyl (C=O) groups is 1. The molecule has 0 spiro atoms. The Morgan fingerprint density at radius 1 is 1.43 bits per heavy atom. The van der Waals surface area contributed by atoms with Gasteiger partial charge in [0.05, 0.1) is 24.8 Å². The molecule has 4 heterocycles. The van der Waals surface area contributed by atoms with Crippen molar-refractivity contribution in [2.45, 2.75) is 49.9 Å². The van der Waals surface area contributed by atoms with Crippen LogP contribution in [-0.4, -0.2) is 53.6 Å². The molecular formula is C20H25F3N4O2S. The Kier molecular flexibility index (Phi) is 6.06. The van der Waals surface area contributed by atoms with Gasteiger partial charge in [-0.2, -0.15) is 18.3 Å². The molecule has 10 heteroatoms. The molecule has 0 aromatic carbocycles. The van der Waals surface area contributed by atoms with Gasteiger partial charge in [0.15, 0.2) is 6.04 Å². The highest BCUT2D eigenvalue weighted by Crippen LogP contribution is 2.45. The van der Waals surface area contributed by atoms with Crippen LogP contribution in [0.15, 0.2) is 23.6 Å². The number of hydrogen-bond acceptors (Lipinski definition) is 5. The number of ether oxygens (including phenoxy) is 1. The summed E-state index contributed by atoms with van der Waals surface area (Å²) in [7, 11) is 1.55. The Bertz CT molecular complexity index is 868. The molecule has 2 aliphatic heterocycles. The van der Waals surface area contributed by atoms with E-state index in [0.717, 1.165) is 22.4 Å². The van der Waals surface area contributed by atoms with Gasteiger partial charge in [0, 0.05) is 43.5 Å². The summed E-state index contributed by atoms with van der Waals surface area (Å²) in [4.78, 5) is 15.0. The lowest BCUT2D eigenvalue weighted by molar-refractivity contribution is -0.173. The number of aromatic nitrogens is 2. The molecule has 0 aliphatic carbocycles. The summed E-state index contributed by atoms with van der Waals surface area (Å²) in [5.41, 5.74) is 0.614. The Morgan fingerprint density at radius 2 is 2.27 bits per heavy atom. The SMILES string of the molecule is COCCC(=O)N1CCCC(c2cc3n(n2)[C@@H](C(F)(F)F)C[C@@H](c2cccs2)N3)C1. The number of piperidine rings is 1. The van der Waals surface area contributed by atoms with Crippen LogP contribution in [0.2, 0.25) is 0 Å². The van der Waals surface area contributed by atoms with Gasteiger partial charge in [-0.3, -0.25) is 4.79 Å². The van der Waals surface area contributed by atoms with Gasteiger partial charge in [0.2, 0.25) is 5.91 Å². The summed E-state index contributed by atoms with van der Waals surface area (Å²) >= 11 is 1.45. The maximum Gasteiger partial charge on any atom is 0.410 e. The zero-order valence-corrected chi connectivity index (χ0v) is 17.5. The fraction of sp³-hybridized carbons (Fsp3) is 0.600. The molecule has 2 aromatic rings. The average molecular weight is 443 g/mol. The third kappa shape index (κ3) is 4.34. The van der Waals surface area contributed by atoms with E-state index in [2.05, 4.69) is 10.4 Å². The Hall–Kier alpha value is -2.07. The summed E-state index contributed by atoms with van der Waals surface area (Å²) in [6, 6.07) is 3.36. The van der Waals surface area contributed by atoms with Crippen LogP contribution in [0.5, 0.6) is 0 Å². The van der Waals surface area contributed by atoms with Crippen molar-refractivity contribution in [3.63, 3.8) is 0 Å². The van der Waals surface area contributed by atoms with Gasteiger partial charge in [-0.25, -0.2) is 4.68 Å². The summed E-state index contributed by atoms with van der Waals surface area (Å²) in [6.07, 6.45) is -2.56. The number of thiophene rings is 1. The molecule has 164 valence electrons. The number of fused-ring (bicyclic) bond motifs is 1. The van der Waals surface area contributed by atoms with E-state index in [0.29, 0.717) is 37.6 Å². The molecule has 1 amide bonds. The monoisotopic (exact) mass is 442 g/mol. The van der Waals surface area contributed by atoms with Gasteiger partial charge >= 0.3 is 6.18 Å². The van der Waals surface area contributed by atoms with Crippen LogP contribution in [0.4, 0.5) is 19.0 Å². The molecule has 6 nitrogen and oxygen atoms in total. The van der Waals surface area contributed by atoms with Crippen LogP contribution < -0.4 is 5.32 Å². The van der Waals surface area contributed by atoms with Crippen LogP contribution in [0.25, 0.3) is 0 Å². The van der Waals surface area contributed by atoms with Crippen molar-refractivity contribution in [2.75, 3.05) is 32.1 Å². The lowest BCUT2D eigenvalue weighted by atomic mass is 9.94. The van der Waals surface area contributed by atoms with Crippen LogP contribution in [0.3, 0.4) is 0 Å². The molecular weight excluding hydrogens is 417 g/mol. The topological polar surface area (TPSA) is 59.4 Å². The second-order valence-corrected chi connectivity index (χ2v) is 8.81. The van der Waals surface area contributed by atoms with Gasteiger partial charge in [0.25, 0.3) is 0 Å². The lowest BCUT2D eigenvalue weighted by Crippen LogP contribution is -2.39. The van der Waals surface area contributed by atoms with E-state index < -0.39 is 18.3 Å². The lowest BCUT2D eigenvalue weighted by Gasteiger charge is -2.33.